The Bertz CT molecular complexity index is 727. The van der Waals surface area contributed by atoms with E-state index in [1.165, 1.54) is 0 Å². The van der Waals surface area contributed by atoms with Crippen molar-refractivity contribution >= 4 is 16.6 Å². The van der Waals surface area contributed by atoms with Crippen LogP contribution >= 0.6 is 0 Å². The second kappa shape index (κ2) is 4.95. The molecule has 3 rings (SSSR count). The Morgan fingerprint density at radius 1 is 1.52 bits per heavy atom. The fourth-order valence-corrected chi connectivity index (χ4v) is 2.51. The Kier molecular flexibility index (Phi) is 3.23. The van der Waals surface area contributed by atoms with Gasteiger partial charge in [-0.05, 0) is 32.3 Å². The minimum absolute atomic E-state index is 0.172. The van der Waals surface area contributed by atoms with Crippen LogP contribution in [0.4, 0.5) is 4.39 Å². The first-order valence-corrected chi connectivity index (χ1v) is 7.04. The van der Waals surface area contributed by atoms with Crippen molar-refractivity contribution in [1.29, 1.82) is 5.41 Å². The van der Waals surface area contributed by atoms with Crippen LogP contribution in [0.15, 0.2) is 30.2 Å². The van der Waals surface area contributed by atoms with E-state index in [1.54, 1.807) is 36.1 Å². The third kappa shape index (κ3) is 2.41. The lowest BCUT2D eigenvalue weighted by molar-refractivity contribution is 0.0418. The fraction of sp³-hybridized carbons (Fsp3) is 0.400. The Balaban J connectivity index is 1.98. The van der Waals surface area contributed by atoms with Gasteiger partial charge in [0.1, 0.15) is 11.4 Å². The van der Waals surface area contributed by atoms with Crippen LogP contribution in [-0.4, -0.2) is 26.1 Å². The van der Waals surface area contributed by atoms with E-state index < -0.39 is 5.67 Å². The zero-order chi connectivity index (χ0) is 15.0. The van der Waals surface area contributed by atoms with Gasteiger partial charge >= 0.3 is 0 Å². The van der Waals surface area contributed by atoms with Crippen LogP contribution < -0.4 is 5.73 Å². The maximum Gasteiger partial charge on any atom is 0.130 e. The second-order valence-electron chi connectivity index (χ2n) is 5.55. The first-order valence-electron chi connectivity index (χ1n) is 7.04. The molecule has 3 N–H and O–H groups in total. The van der Waals surface area contributed by atoms with Crippen LogP contribution in [0.2, 0.25) is 0 Å². The van der Waals surface area contributed by atoms with Crippen LogP contribution in [0.1, 0.15) is 31.9 Å². The second-order valence-corrected chi connectivity index (χ2v) is 5.55. The van der Waals surface area contributed by atoms with Gasteiger partial charge in [0, 0.05) is 11.6 Å². The number of fused-ring (bicyclic) bond motifs is 1. The van der Waals surface area contributed by atoms with E-state index >= 15 is 0 Å². The number of nitrogens with zero attached hydrogens (tertiary/aromatic N) is 3. The van der Waals surface area contributed by atoms with E-state index in [2.05, 4.69) is 10.1 Å². The monoisotopic (exact) mass is 287 g/mol. The number of pyridine rings is 1. The molecule has 110 valence electrons. The van der Waals surface area contributed by atoms with Crippen molar-refractivity contribution in [3.63, 3.8) is 0 Å². The molecule has 21 heavy (non-hydrogen) atoms. The third-order valence-electron chi connectivity index (χ3n) is 4.06. The quantitative estimate of drug-likeness (QED) is 0.848. The Labute approximate surface area is 122 Å². The van der Waals surface area contributed by atoms with Crippen molar-refractivity contribution in [3.05, 3.63) is 35.9 Å². The van der Waals surface area contributed by atoms with Gasteiger partial charge in [-0.2, -0.15) is 5.10 Å². The largest absolute Gasteiger partial charge is 0.397 e. The van der Waals surface area contributed by atoms with Gasteiger partial charge in [0.05, 0.1) is 29.6 Å². The topological polar surface area (TPSA) is 80.6 Å². The number of alkyl halides is 1. The Morgan fingerprint density at radius 2 is 2.29 bits per heavy atom. The number of hydrogen-bond donors (Lipinski definition) is 2. The molecule has 2 aromatic heterocycles. The molecule has 0 aromatic carbocycles. The van der Waals surface area contributed by atoms with Crippen LogP contribution in [0, 0.1) is 5.41 Å². The lowest BCUT2D eigenvalue weighted by Gasteiger charge is -2.33. The first-order chi connectivity index (χ1) is 10.0. The average Bonchev–Trinajstić information content (AvgIpc) is 2.86. The predicted octanol–water partition coefficient (Wildman–Crippen LogP) is 2.55. The van der Waals surface area contributed by atoms with E-state index in [9.17, 15) is 4.39 Å². The van der Waals surface area contributed by atoms with E-state index in [0.29, 0.717) is 24.2 Å². The van der Waals surface area contributed by atoms with Crippen molar-refractivity contribution in [2.45, 2.75) is 38.4 Å². The van der Waals surface area contributed by atoms with Gasteiger partial charge in [-0.25, -0.2) is 4.39 Å². The van der Waals surface area contributed by atoms with Crippen molar-refractivity contribution in [3.8, 4) is 0 Å². The summed E-state index contributed by atoms with van der Waals surface area (Å²) in [5, 5.41) is 13.1. The van der Waals surface area contributed by atoms with E-state index in [4.69, 9.17) is 11.1 Å². The van der Waals surface area contributed by atoms with Crippen LogP contribution in [0.25, 0.3) is 10.9 Å². The maximum atomic E-state index is 14.3. The molecule has 2 heterocycles. The van der Waals surface area contributed by atoms with Gasteiger partial charge in [0.2, 0.25) is 0 Å². The zero-order valence-electron chi connectivity index (χ0n) is 11.9. The van der Waals surface area contributed by atoms with Crippen LogP contribution in [-0.2, 0) is 6.54 Å². The van der Waals surface area contributed by atoms with Gasteiger partial charge < -0.3 is 5.73 Å². The van der Waals surface area contributed by atoms with Gasteiger partial charge in [0.25, 0.3) is 0 Å². The minimum Gasteiger partial charge on any atom is -0.397 e. The molecule has 0 aliphatic heterocycles. The number of nitrogens with two attached hydrogens (primary N) is 1. The molecule has 0 radical (unpaired) electrons. The Morgan fingerprint density at radius 3 is 2.90 bits per heavy atom. The number of hydrogen-bond acceptors (Lipinski definition) is 4. The number of halogens is 1. The van der Waals surface area contributed by atoms with Crippen LogP contribution in [0.3, 0.4) is 0 Å². The van der Waals surface area contributed by atoms with Gasteiger partial charge in [-0.15, -0.1) is 0 Å². The van der Waals surface area contributed by atoms with Crippen LogP contribution in [0.5, 0.6) is 0 Å². The average molecular weight is 287 g/mol. The molecular formula is C15H18FN5. The summed E-state index contributed by atoms with van der Waals surface area (Å²) in [7, 11) is 0. The van der Waals surface area contributed by atoms with Crippen molar-refractivity contribution in [2.24, 2.45) is 5.73 Å². The van der Waals surface area contributed by atoms with E-state index in [1.807, 2.05) is 0 Å². The minimum atomic E-state index is -1.14. The Hall–Kier alpha value is -2.24. The first kappa shape index (κ1) is 13.7. The smallest absolute Gasteiger partial charge is 0.130 e. The molecule has 0 atom stereocenters. The third-order valence-corrected chi connectivity index (χ3v) is 4.06. The molecule has 0 amide bonds. The molecule has 5 nitrogen and oxygen atoms in total. The number of aromatic nitrogens is 3. The summed E-state index contributed by atoms with van der Waals surface area (Å²) in [5.41, 5.74) is 6.42. The highest BCUT2D eigenvalue weighted by Gasteiger charge is 2.37. The molecule has 0 bridgehead atoms. The molecule has 1 aliphatic carbocycles. The standard InChI is InChI=1S/C15H18FN5/c1-2-11(17)14(18)12-6-13-10(7-19-12)8-20-21(13)9-15(16)4-3-5-15/h2,6-8,18H,3-5,9,17H2,1H3/b11-2+,18-14?. The highest BCUT2D eigenvalue weighted by molar-refractivity contribution is 6.09. The lowest BCUT2D eigenvalue weighted by atomic mass is 9.82. The van der Waals surface area contributed by atoms with Crippen molar-refractivity contribution in [2.75, 3.05) is 0 Å². The number of nitrogens with one attached hydrogen (secondary N) is 1. The number of allylic oxidation sites excluding steroid dienone is 2. The SMILES string of the molecule is C/C=C(/N)C(=N)c1cc2c(cn1)cnn2CC1(F)CCC1. The molecular weight excluding hydrogens is 269 g/mol. The van der Waals surface area contributed by atoms with Gasteiger partial charge in [-0.1, -0.05) is 6.08 Å². The normalized spacial score (nSPS) is 17.7. The van der Waals surface area contributed by atoms with E-state index in [-0.39, 0.29) is 12.3 Å². The van der Waals surface area contributed by atoms with E-state index in [0.717, 1.165) is 17.3 Å². The fourth-order valence-electron chi connectivity index (χ4n) is 2.51. The summed E-state index contributed by atoms with van der Waals surface area (Å²) < 4.78 is 16.0. The summed E-state index contributed by atoms with van der Waals surface area (Å²) >= 11 is 0. The van der Waals surface area contributed by atoms with Gasteiger partial charge in [-0.3, -0.25) is 15.1 Å². The molecule has 1 saturated carbocycles. The molecule has 2 aromatic rings. The summed E-state index contributed by atoms with van der Waals surface area (Å²) in [4.78, 5) is 4.23. The zero-order valence-corrected chi connectivity index (χ0v) is 11.9. The summed E-state index contributed by atoms with van der Waals surface area (Å²) in [6.07, 6.45) is 7.11. The molecule has 0 saturated heterocycles. The molecule has 0 spiro atoms. The highest BCUT2D eigenvalue weighted by Crippen LogP contribution is 2.37. The lowest BCUT2D eigenvalue weighted by Crippen LogP contribution is -2.36. The summed E-state index contributed by atoms with van der Waals surface area (Å²) in [5.74, 6) is 0. The molecule has 0 unspecified atom stereocenters. The molecule has 1 aliphatic rings. The van der Waals surface area contributed by atoms with Crippen molar-refractivity contribution in [1.82, 2.24) is 14.8 Å². The maximum absolute atomic E-state index is 14.3. The summed E-state index contributed by atoms with van der Waals surface area (Å²) in [6.45, 7) is 2.03. The molecule has 1 fully saturated rings. The van der Waals surface area contributed by atoms with Gasteiger partial charge in [0.15, 0.2) is 0 Å². The van der Waals surface area contributed by atoms with Crippen molar-refractivity contribution < 1.29 is 4.39 Å². The predicted molar refractivity (Wildman–Crippen MR) is 80.0 cm³/mol. The molecule has 6 heteroatoms. The highest BCUT2D eigenvalue weighted by atomic mass is 19.1. The number of rotatable bonds is 4. The summed E-state index contributed by atoms with van der Waals surface area (Å²) in [6, 6.07) is 1.75.